The van der Waals surface area contributed by atoms with Crippen LogP contribution in [0.15, 0.2) is 79.5 Å². The molecule has 0 atom stereocenters. The molecular weight excluding hydrogens is 590 g/mol. The van der Waals surface area contributed by atoms with Gasteiger partial charge in [0.25, 0.3) is 5.91 Å². The average Bonchev–Trinajstić information content (AvgIpc) is 3.49. The van der Waals surface area contributed by atoms with Crippen LogP contribution < -0.4 is 15.4 Å². The van der Waals surface area contributed by atoms with Crippen molar-refractivity contribution in [2.75, 3.05) is 38.1 Å². The summed E-state index contributed by atoms with van der Waals surface area (Å²) in [7, 11) is 0. The van der Waals surface area contributed by atoms with Crippen molar-refractivity contribution in [1.82, 2.24) is 29.7 Å². The van der Waals surface area contributed by atoms with Gasteiger partial charge in [0.05, 0.1) is 21.8 Å². The van der Waals surface area contributed by atoms with Gasteiger partial charge in [-0.05, 0) is 86.4 Å². The first-order valence-electron chi connectivity index (χ1n) is 15.2. The molecule has 5 aromatic rings. The smallest absolute Gasteiger partial charge is 0.253 e. The molecule has 11 heteroatoms. The van der Waals surface area contributed by atoms with E-state index in [4.69, 9.17) is 16.3 Å². The highest BCUT2D eigenvalue weighted by Gasteiger charge is 2.17. The quantitative estimate of drug-likeness (QED) is 0.165. The van der Waals surface area contributed by atoms with Gasteiger partial charge in [-0.15, -0.1) is 0 Å². The number of benzene rings is 2. The number of hydrogen-bond acceptors (Lipinski definition) is 8. The molecule has 1 aliphatic rings. The summed E-state index contributed by atoms with van der Waals surface area (Å²) in [6.45, 7) is 3.87. The molecule has 1 aliphatic heterocycles. The molecule has 0 spiro atoms. The van der Waals surface area contributed by atoms with Crippen LogP contribution in [0, 0.1) is 0 Å². The Kier molecular flexibility index (Phi) is 9.84. The van der Waals surface area contributed by atoms with Crippen molar-refractivity contribution >= 4 is 39.9 Å². The number of rotatable bonds is 12. The van der Waals surface area contributed by atoms with Crippen molar-refractivity contribution in [3.63, 3.8) is 0 Å². The van der Waals surface area contributed by atoms with Gasteiger partial charge in [0.15, 0.2) is 0 Å². The van der Waals surface area contributed by atoms with Crippen molar-refractivity contribution in [2.45, 2.75) is 32.3 Å². The minimum absolute atomic E-state index is 0.0484. The third-order valence-corrected chi connectivity index (χ3v) is 8.21. The molecule has 45 heavy (non-hydrogen) atoms. The lowest BCUT2D eigenvalue weighted by Crippen LogP contribution is -2.37. The number of aliphatic hydroxyl groups is 1. The van der Waals surface area contributed by atoms with E-state index >= 15 is 0 Å². The second-order valence-corrected chi connectivity index (χ2v) is 11.4. The van der Waals surface area contributed by atoms with E-state index in [-0.39, 0.29) is 12.5 Å². The van der Waals surface area contributed by atoms with Gasteiger partial charge in [0.1, 0.15) is 24.5 Å². The Morgan fingerprint density at radius 3 is 2.69 bits per heavy atom. The van der Waals surface area contributed by atoms with E-state index in [9.17, 15) is 9.90 Å². The minimum atomic E-state index is -0.134. The fraction of sp³-hybridized carbons (Fsp3) is 0.294. The number of amides is 1. The SMILES string of the molecule is O=C(NCCN1CCCCC1)c1cn(-c2ccc3ncnc(Nc4ccc(OCc5ccccn5)c(Cl)c4)c3c2)cc1CCO. The van der Waals surface area contributed by atoms with Crippen LogP contribution in [0.2, 0.25) is 5.02 Å². The van der Waals surface area contributed by atoms with Crippen molar-refractivity contribution < 1.29 is 14.6 Å². The van der Waals surface area contributed by atoms with Crippen LogP contribution in [0.5, 0.6) is 5.75 Å². The molecule has 3 aromatic heterocycles. The van der Waals surface area contributed by atoms with Crippen LogP contribution in [0.25, 0.3) is 16.6 Å². The summed E-state index contributed by atoms with van der Waals surface area (Å²) in [6, 6.07) is 17.0. The van der Waals surface area contributed by atoms with Gasteiger partial charge in [0, 0.05) is 55.0 Å². The van der Waals surface area contributed by atoms with E-state index in [1.54, 1.807) is 12.3 Å². The van der Waals surface area contributed by atoms with Crippen molar-refractivity contribution in [3.8, 4) is 11.4 Å². The Balaban J connectivity index is 1.19. The lowest BCUT2D eigenvalue weighted by molar-refractivity contribution is 0.0945. The Labute approximate surface area is 267 Å². The number of anilines is 2. The number of hydrogen-bond donors (Lipinski definition) is 3. The van der Waals surface area contributed by atoms with E-state index in [2.05, 4.69) is 30.5 Å². The Bertz CT molecular complexity index is 1760. The molecule has 10 nitrogen and oxygen atoms in total. The predicted molar refractivity (Wildman–Crippen MR) is 176 cm³/mol. The molecule has 0 bridgehead atoms. The topological polar surface area (TPSA) is 117 Å². The van der Waals surface area contributed by atoms with E-state index in [0.29, 0.717) is 41.7 Å². The summed E-state index contributed by atoms with van der Waals surface area (Å²) in [5.41, 5.74) is 4.50. The van der Waals surface area contributed by atoms with Gasteiger partial charge in [0.2, 0.25) is 0 Å². The molecule has 1 fully saturated rings. The third kappa shape index (κ3) is 7.59. The monoisotopic (exact) mass is 625 g/mol. The molecule has 3 N–H and O–H groups in total. The van der Waals surface area contributed by atoms with Crippen molar-refractivity contribution in [3.05, 3.63) is 101 Å². The summed E-state index contributed by atoms with van der Waals surface area (Å²) in [4.78, 5) is 28.8. The van der Waals surface area contributed by atoms with Crippen LogP contribution in [0.3, 0.4) is 0 Å². The maximum Gasteiger partial charge on any atom is 0.253 e. The van der Waals surface area contributed by atoms with Crippen LogP contribution in [0.1, 0.15) is 40.9 Å². The molecule has 0 radical (unpaired) electrons. The molecule has 0 saturated carbocycles. The third-order valence-electron chi connectivity index (χ3n) is 7.91. The van der Waals surface area contributed by atoms with Crippen molar-refractivity contribution in [2.24, 2.45) is 0 Å². The molecule has 1 saturated heterocycles. The number of nitrogens with zero attached hydrogens (tertiary/aromatic N) is 5. The zero-order chi connectivity index (χ0) is 31.0. The number of carbonyl (C=O) groups is 1. The number of piperidine rings is 1. The summed E-state index contributed by atoms with van der Waals surface area (Å²) in [6.07, 6.45) is 11.1. The van der Waals surface area contributed by atoms with Gasteiger partial charge in [-0.1, -0.05) is 24.1 Å². The van der Waals surface area contributed by atoms with Crippen LogP contribution in [-0.2, 0) is 13.0 Å². The van der Waals surface area contributed by atoms with Crippen LogP contribution >= 0.6 is 11.6 Å². The first-order valence-corrected chi connectivity index (χ1v) is 15.6. The summed E-state index contributed by atoms with van der Waals surface area (Å²) < 4.78 is 7.77. The first kappa shape index (κ1) is 30.5. The zero-order valence-electron chi connectivity index (χ0n) is 25.0. The molecule has 4 heterocycles. The number of carbonyl (C=O) groups excluding carboxylic acids is 1. The highest BCUT2D eigenvalue weighted by molar-refractivity contribution is 6.32. The van der Waals surface area contributed by atoms with Gasteiger partial charge >= 0.3 is 0 Å². The number of pyridine rings is 1. The first-order chi connectivity index (χ1) is 22.1. The van der Waals surface area contributed by atoms with Gasteiger partial charge in [-0.2, -0.15) is 0 Å². The van der Waals surface area contributed by atoms with Gasteiger partial charge in [-0.25, -0.2) is 9.97 Å². The number of aromatic nitrogens is 4. The summed E-state index contributed by atoms with van der Waals surface area (Å²) in [5.74, 6) is 1.03. The number of nitrogens with one attached hydrogen (secondary N) is 2. The lowest BCUT2D eigenvalue weighted by Gasteiger charge is -2.26. The number of ether oxygens (including phenoxy) is 1. The second-order valence-electron chi connectivity index (χ2n) is 11.0. The lowest BCUT2D eigenvalue weighted by atomic mass is 10.1. The normalized spacial score (nSPS) is 13.6. The Hall–Kier alpha value is -4.51. The van der Waals surface area contributed by atoms with E-state index in [1.807, 2.05) is 65.5 Å². The van der Waals surface area contributed by atoms with Crippen LogP contribution in [0.4, 0.5) is 11.5 Å². The summed E-state index contributed by atoms with van der Waals surface area (Å²) >= 11 is 6.55. The molecule has 2 aromatic carbocycles. The number of likely N-dealkylation sites (tertiary alicyclic amines) is 1. The van der Waals surface area contributed by atoms with Gasteiger partial charge < -0.3 is 29.9 Å². The Morgan fingerprint density at radius 1 is 1.00 bits per heavy atom. The van der Waals surface area contributed by atoms with E-state index < -0.39 is 0 Å². The molecule has 1 amide bonds. The predicted octanol–water partition coefficient (Wildman–Crippen LogP) is 5.54. The van der Waals surface area contributed by atoms with E-state index in [1.165, 1.54) is 25.6 Å². The van der Waals surface area contributed by atoms with Crippen molar-refractivity contribution in [1.29, 1.82) is 0 Å². The molecular formula is C34H36ClN7O3. The average molecular weight is 626 g/mol. The summed E-state index contributed by atoms with van der Waals surface area (Å²) in [5, 5.41) is 17.4. The highest BCUT2D eigenvalue weighted by Crippen LogP contribution is 2.31. The standard InChI is InChI=1S/C34H36ClN7O3/c35-30-18-25(7-10-32(30)45-22-26-6-2-3-12-36-26)40-33-28-19-27(8-9-31(28)38-23-39-33)42-20-24(11-17-43)29(21-42)34(44)37-13-16-41-14-4-1-5-15-41/h2-3,6-10,12,18-21,23,43H,1,4-5,11,13-17,22H2,(H,37,44)(H,38,39,40). The molecule has 232 valence electrons. The fourth-order valence-corrected chi connectivity index (χ4v) is 5.78. The second kappa shape index (κ2) is 14.5. The molecule has 6 rings (SSSR count). The number of halogens is 1. The minimum Gasteiger partial charge on any atom is -0.486 e. The Morgan fingerprint density at radius 2 is 1.89 bits per heavy atom. The maximum atomic E-state index is 13.2. The fourth-order valence-electron chi connectivity index (χ4n) is 5.55. The number of fused-ring (bicyclic) bond motifs is 1. The molecule has 0 aliphatic carbocycles. The largest absolute Gasteiger partial charge is 0.486 e. The highest BCUT2D eigenvalue weighted by atomic mass is 35.5. The van der Waals surface area contributed by atoms with Crippen LogP contribution in [-0.4, -0.2) is 68.2 Å². The zero-order valence-corrected chi connectivity index (χ0v) is 25.7. The number of aliphatic hydroxyl groups excluding tert-OH is 1. The van der Waals surface area contributed by atoms with Gasteiger partial charge in [-0.3, -0.25) is 9.78 Å². The molecule has 0 unspecified atom stereocenters. The maximum absolute atomic E-state index is 13.2. The van der Waals surface area contributed by atoms with E-state index in [0.717, 1.165) is 53.2 Å².